The van der Waals surface area contributed by atoms with Crippen LogP contribution in [-0.2, 0) is 9.59 Å². The summed E-state index contributed by atoms with van der Waals surface area (Å²) in [5.41, 5.74) is 1.14. The zero-order valence-corrected chi connectivity index (χ0v) is 18.3. The van der Waals surface area contributed by atoms with Gasteiger partial charge in [-0.05, 0) is 88.0 Å². The van der Waals surface area contributed by atoms with Crippen LogP contribution >= 0.6 is 0 Å². The number of fused-ring (bicyclic) bond motifs is 2. The van der Waals surface area contributed by atoms with Crippen LogP contribution in [0.4, 0.5) is 0 Å². The molecular formula is C25H38O3. The lowest BCUT2D eigenvalue weighted by atomic mass is 9.62. The highest BCUT2D eigenvalue weighted by Gasteiger charge is 2.56. The van der Waals surface area contributed by atoms with E-state index in [1.807, 2.05) is 6.08 Å². The molecule has 2 saturated carbocycles. The third-order valence-corrected chi connectivity index (χ3v) is 8.24. The van der Waals surface area contributed by atoms with Gasteiger partial charge in [-0.15, -0.1) is 0 Å². The van der Waals surface area contributed by atoms with Gasteiger partial charge in [-0.25, -0.2) is 0 Å². The zero-order valence-electron chi connectivity index (χ0n) is 18.3. The molecule has 0 saturated heterocycles. The van der Waals surface area contributed by atoms with Gasteiger partial charge < -0.3 is 5.11 Å². The summed E-state index contributed by atoms with van der Waals surface area (Å²) in [7, 11) is 0. The molecule has 0 spiro atoms. The lowest BCUT2D eigenvalue weighted by Crippen LogP contribution is -2.40. The van der Waals surface area contributed by atoms with Crippen LogP contribution in [0.5, 0.6) is 0 Å². The molecule has 0 aromatic heterocycles. The topological polar surface area (TPSA) is 54.4 Å². The van der Waals surface area contributed by atoms with Crippen molar-refractivity contribution in [1.82, 2.24) is 0 Å². The van der Waals surface area contributed by atoms with Crippen LogP contribution < -0.4 is 0 Å². The number of hydrogen-bond acceptors (Lipinski definition) is 3. The third-order valence-electron chi connectivity index (χ3n) is 8.24. The van der Waals surface area contributed by atoms with Crippen molar-refractivity contribution >= 4 is 12.1 Å². The summed E-state index contributed by atoms with van der Waals surface area (Å²) >= 11 is 0. The van der Waals surface area contributed by atoms with Gasteiger partial charge >= 0.3 is 0 Å². The van der Waals surface area contributed by atoms with E-state index < -0.39 is 11.5 Å². The number of Topliss-reactive ketones (excluding diaryl/α,β-unsaturated/α-hetero) is 1. The van der Waals surface area contributed by atoms with Crippen molar-refractivity contribution in [3.05, 3.63) is 23.3 Å². The second kappa shape index (κ2) is 7.89. The molecule has 3 aliphatic carbocycles. The minimum Gasteiger partial charge on any atom is -0.389 e. The predicted octanol–water partition coefficient (Wildman–Crippen LogP) is 5.28. The van der Waals surface area contributed by atoms with Gasteiger partial charge in [0.2, 0.25) is 0 Å². The Morgan fingerprint density at radius 1 is 1.32 bits per heavy atom. The molecule has 3 aliphatic rings. The van der Waals surface area contributed by atoms with Crippen molar-refractivity contribution in [1.29, 1.82) is 0 Å². The van der Waals surface area contributed by atoms with E-state index in [1.165, 1.54) is 18.4 Å². The number of ketones is 1. The summed E-state index contributed by atoms with van der Waals surface area (Å²) in [6, 6.07) is 0. The maximum Gasteiger partial charge on any atom is 0.146 e. The first-order valence-corrected chi connectivity index (χ1v) is 11.1. The quantitative estimate of drug-likeness (QED) is 0.517. The molecule has 3 heteroatoms. The van der Waals surface area contributed by atoms with Crippen molar-refractivity contribution in [2.24, 2.45) is 35.0 Å². The summed E-state index contributed by atoms with van der Waals surface area (Å²) < 4.78 is 0. The number of hydrogen-bond donors (Lipinski definition) is 1. The van der Waals surface area contributed by atoms with Crippen LogP contribution in [0.25, 0.3) is 0 Å². The van der Waals surface area contributed by atoms with Crippen molar-refractivity contribution < 1.29 is 14.7 Å². The highest BCUT2D eigenvalue weighted by molar-refractivity contribution is 5.94. The summed E-state index contributed by atoms with van der Waals surface area (Å²) in [4.78, 5) is 24.4. The van der Waals surface area contributed by atoms with Gasteiger partial charge in [0.1, 0.15) is 12.1 Å². The van der Waals surface area contributed by atoms with Gasteiger partial charge in [-0.1, -0.05) is 31.6 Å². The van der Waals surface area contributed by atoms with Crippen LogP contribution in [0.1, 0.15) is 79.6 Å². The zero-order chi connectivity index (χ0) is 20.7. The van der Waals surface area contributed by atoms with Crippen LogP contribution in [0.3, 0.4) is 0 Å². The molecule has 2 fully saturated rings. The molecule has 0 bridgehead atoms. The van der Waals surface area contributed by atoms with Crippen LogP contribution in [0, 0.1) is 35.0 Å². The number of aldehydes is 1. The summed E-state index contributed by atoms with van der Waals surface area (Å²) in [5.74, 6) is 1.33. The fourth-order valence-corrected chi connectivity index (χ4v) is 6.59. The Bertz CT molecular complexity index is 682. The highest BCUT2D eigenvalue weighted by Crippen LogP contribution is 2.59. The van der Waals surface area contributed by atoms with Gasteiger partial charge in [0.05, 0.1) is 11.5 Å². The predicted molar refractivity (Wildman–Crippen MR) is 113 cm³/mol. The molecule has 7 atom stereocenters. The van der Waals surface area contributed by atoms with Gasteiger partial charge in [0.15, 0.2) is 0 Å². The molecule has 3 nitrogen and oxygen atoms in total. The number of allylic oxidation sites excluding steroid dienone is 4. The largest absolute Gasteiger partial charge is 0.389 e. The van der Waals surface area contributed by atoms with Gasteiger partial charge in [-0.2, -0.15) is 0 Å². The molecule has 0 unspecified atom stereocenters. The molecule has 28 heavy (non-hydrogen) atoms. The van der Waals surface area contributed by atoms with E-state index in [0.717, 1.165) is 32.0 Å². The molecule has 3 rings (SSSR count). The van der Waals surface area contributed by atoms with E-state index in [2.05, 4.69) is 33.8 Å². The van der Waals surface area contributed by atoms with Gasteiger partial charge in [0.25, 0.3) is 0 Å². The van der Waals surface area contributed by atoms with E-state index in [0.29, 0.717) is 23.3 Å². The minimum atomic E-state index is -0.998. The summed E-state index contributed by atoms with van der Waals surface area (Å²) in [6.45, 7) is 10.9. The number of rotatable bonds is 5. The number of aliphatic hydroxyl groups is 1. The Balaban J connectivity index is 1.87. The summed E-state index contributed by atoms with van der Waals surface area (Å²) in [6.07, 6.45) is 11.9. The lowest BCUT2D eigenvalue weighted by molar-refractivity contribution is -0.121. The van der Waals surface area contributed by atoms with Gasteiger partial charge in [0, 0.05) is 12.3 Å². The Morgan fingerprint density at radius 3 is 2.68 bits per heavy atom. The van der Waals surface area contributed by atoms with E-state index in [-0.39, 0.29) is 23.5 Å². The second-order valence-corrected chi connectivity index (χ2v) is 10.6. The molecule has 0 aromatic rings. The van der Waals surface area contributed by atoms with Crippen LogP contribution in [0.2, 0.25) is 0 Å². The fraction of sp³-hybridized carbons (Fsp3) is 0.760. The average Bonchev–Trinajstić information content (AvgIpc) is 3.01. The van der Waals surface area contributed by atoms with Gasteiger partial charge in [-0.3, -0.25) is 9.59 Å². The second-order valence-electron chi connectivity index (χ2n) is 10.6. The smallest absolute Gasteiger partial charge is 0.146 e. The van der Waals surface area contributed by atoms with Crippen LogP contribution in [-0.4, -0.2) is 22.8 Å². The summed E-state index contributed by atoms with van der Waals surface area (Å²) in [5, 5.41) is 11.0. The van der Waals surface area contributed by atoms with E-state index in [1.54, 1.807) is 6.92 Å². The van der Waals surface area contributed by atoms with Crippen molar-refractivity contribution in [3.8, 4) is 0 Å². The monoisotopic (exact) mass is 386 g/mol. The molecule has 0 amide bonds. The van der Waals surface area contributed by atoms with E-state index >= 15 is 0 Å². The first-order chi connectivity index (χ1) is 13.1. The first kappa shape index (κ1) is 21.5. The third kappa shape index (κ3) is 3.92. The Hall–Kier alpha value is -1.22. The molecule has 0 aliphatic heterocycles. The van der Waals surface area contributed by atoms with Crippen molar-refractivity contribution in [3.63, 3.8) is 0 Å². The van der Waals surface area contributed by atoms with Crippen molar-refractivity contribution in [2.75, 3.05) is 0 Å². The minimum absolute atomic E-state index is 0.0417. The Labute approximate surface area is 170 Å². The molecule has 0 heterocycles. The van der Waals surface area contributed by atoms with Crippen molar-refractivity contribution in [2.45, 2.75) is 85.2 Å². The molecule has 156 valence electrons. The van der Waals surface area contributed by atoms with E-state index in [9.17, 15) is 14.7 Å². The maximum atomic E-state index is 12.6. The van der Waals surface area contributed by atoms with E-state index in [4.69, 9.17) is 0 Å². The number of carbonyl (C=O) groups excluding carboxylic acids is 2. The van der Waals surface area contributed by atoms with Crippen LogP contribution in [0.15, 0.2) is 23.3 Å². The molecular weight excluding hydrogens is 348 g/mol. The number of carbonyl (C=O) groups is 2. The highest BCUT2D eigenvalue weighted by atomic mass is 16.3. The molecule has 1 N–H and O–H groups in total. The fourth-order valence-electron chi connectivity index (χ4n) is 6.59. The maximum absolute atomic E-state index is 12.6. The normalized spacial score (nSPS) is 41.4. The first-order valence-electron chi connectivity index (χ1n) is 11.1. The molecule has 0 radical (unpaired) electrons. The SMILES string of the molecule is CC(C)=CCC[C@H](C)[C@@H]1CC[C@]2(C)C[C@@H]3[C@H](C(=O)C[C@]3(C)O)C(C=O)=CC[C@@H]12. The lowest BCUT2D eigenvalue weighted by Gasteiger charge is -2.42. The Morgan fingerprint density at radius 2 is 2.04 bits per heavy atom. The average molecular weight is 387 g/mol. The standard InChI is InChI=1S/C25H38O3/c1-16(2)7-6-8-17(3)19-11-12-24(4)13-21-23(22(27)14-25(21,5)28)18(15-26)9-10-20(19)24/h7,9,15,17,19-21,23,28H,6,8,10-14H2,1-5H3/t17-,19-,20-,21+,23+,24+,25-/m0/s1. The molecule has 0 aromatic carbocycles. The Kier molecular flexibility index (Phi) is 6.06.